The summed E-state index contributed by atoms with van der Waals surface area (Å²) in [6.07, 6.45) is 0.494. The zero-order chi connectivity index (χ0) is 20.8. The molecule has 8 heteroatoms. The van der Waals surface area contributed by atoms with Crippen molar-refractivity contribution in [2.24, 2.45) is 0 Å². The molecule has 0 aliphatic carbocycles. The smallest absolute Gasteiger partial charge is 0.277 e. The maximum atomic E-state index is 12.8. The van der Waals surface area contributed by atoms with Crippen LogP contribution in [0.4, 0.5) is 11.4 Å². The van der Waals surface area contributed by atoms with E-state index in [1.165, 1.54) is 0 Å². The Bertz CT molecular complexity index is 1010. The van der Waals surface area contributed by atoms with Crippen molar-refractivity contribution in [1.29, 1.82) is 0 Å². The molecule has 0 aromatic heterocycles. The van der Waals surface area contributed by atoms with Crippen molar-refractivity contribution < 1.29 is 14.6 Å². The number of hydrogen-bond acceptors (Lipinski definition) is 5. The SMILES string of the molecule is O=C(N[C@@H](Cc1ccccc1)c1ccccc1)c1cc([N+](=O)[O-])cc([N+](=O)[O-])c1. The van der Waals surface area contributed by atoms with Gasteiger partial charge in [-0.15, -0.1) is 0 Å². The Hall–Kier alpha value is -4.07. The number of nitro groups is 2. The van der Waals surface area contributed by atoms with E-state index in [1.54, 1.807) is 0 Å². The van der Waals surface area contributed by atoms with Crippen LogP contribution in [0.25, 0.3) is 0 Å². The second-order valence-corrected chi connectivity index (χ2v) is 6.38. The van der Waals surface area contributed by atoms with E-state index in [-0.39, 0.29) is 5.56 Å². The van der Waals surface area contributed by atoms with Crippen LogP contribution in [0.1, 0.15) is 27.5 Å². The Morgan fingerprint density at radius 2 is 1.34 bits per heavy atom. The second kappa shape index (κ2) is 8.75. The van der Waals surface area contributed by atoms with E-state index >= 15 is 0 Å². The van der Waals surface area contributed by atoms with Crippen molar-refractivity contribution in [3.8, 4) is 0 Å². The van der Waals surface area contributed by atoms with Crippen molar-refractivity contribution >= 4 is 17.3 Å². The Morgan fingerprint density at radius 3 is 1.86 bits per heavy atom. The van der Waals surface area contributed by atoms with E-state index in [2.05, 4.69) is 5.32 Å². The molecule has 0 spiro atoms. The molecular weight excluding hydrogens is 374 g/mol. The third-order valence-electron chi connectivity index (χ3n) is 4.38. The topological polar surface area (TPSA) is 115 Å². The van der Waals surface area contributed by atoms with Crippen molar-refractivity contribution in [1.82, 2.24) is 5.32 Å². The highest BCUT2D eigenvalue weighted by Gasteiger charge is 2.22. The molecule has 0 aliphatic rings. The minimum absolute atomic E-state index is 0.139. The van der Waals surface area contributed by atoms with Crippen molar-refractivity contribution in [3.63, 3.8) is 0 Å². The highest BCUT2D eigenvalue weighted by Crippen LogP contribution is 2.24. The maximum Gasteiger partial charge on any atom is 0.277 e. The summed E-state index contributed by atoms with van der Waals surface area (Å²) < 4.78 is 0. The van der Waals surface area contributed by atoms with Gasteiger partial charge in [-0.3, -0.25) is 25.0 Å². The number of nitrogens with one attached hydrogen (secondary N) is 1. The molecule has 1 atom stereocenters. The molecule has 0 saturated carbocycles. The third-order valence-corrected chi connectivity index (χ3v) is 4.38. The van der Waals surface area contributed by atoms with Gasteiger partial charge in [0.25, 0.3) is 17.3 Å². The summed E-state index contributed by atoms with van der Waals surface area (Å²) in [4.78, 5) is 33.5. The molecule has 146 valence electrons. The standard InChI is InChI=1S/C21H17N3O5/c25-21(17-12-18(23(26)27)14-19(13-17)24(28)29)22-20(16-9-5-2-6-10-16)11-15-7-3-1-4-8-15/h1-10,12-14,20H,11H2,(H,22,25)/t20-/m0/s1. The van der Waals surface area contributed by atoms with Crippen LogP contribution in [-0.2, 0) is 6.42 Å². The summed E-state index contributed by atoms with van der Waals surface area (Å²) in [7, 11) is 0. The largest absolute Gasteiger partial charge is 0.345 e. The fraction of sp³-hybridized carbons (Fsp3) is 0.0952. The molecular formula is C21H17N3O5. The van der Waals surface area contributed by atoms with Crippen LogP contribution >= 0.6 is 0 Å². The van der Waals surface area contributed by atoms with Crippen LogP contribution in [-0.4, -0.2) is 15.8 Å². The van der Waals surface area contributed by atoms with E-state index < -0.39 is 33.2 Å². The van der Waals surface area contributed by atoms with Crippen LogP contribution in [0, 0.1) is 20.2 Å². The summed E-state index contributed by atoms with van der Waals surface area (Å²) in [5.74, 6) is -0.624. The molecule has 0 heterocycles. The van der Waals surface area contributed by atoms with Crippen molar-refractivity contribution in [2.45, 2.75) is 12.5 Å². The zero-order valence-electron chi connectivity index (χ0n) is 15.2. The van der Waals surface area contributed by atoms with E-state index in [1.807, 2.05) is 60.7 Å². The summed E-state index contributed by atoms with van der Waals surface area (Å²) in [6, 6.07) is 21.3. The quantitative estimate of drug-likeness (QED) is 0.478. The van der Waals surface area contributed by atoms with Gasteiger partial charge in [-0.2, -0.15) is 0 Å². The summed E-state index contributed by atoms with van der Waals surface area (Å²) in [5, 5.41) is 25.0. The molecule has 0 bridgehead atoms. The number of benzene rings is 3. The molecule has 3 aromatic carbocycles. The lowest BCUT2D eigenvalue weighted by Crippen LogP contribution is -2.30. The van der Waals surface area contributed by atoms with Crippen LogP contribution < -0.4 is 5.32 Å². The molecule has 0 fully saturated rings. The lowest BCUT2D eigenvalue weighted by molar-refractivity contribution is -0.394. The lowest BCUT2D eigenvalue weighted by Gasteiger charge is -2.19. The van der Waals surface area contributed by atoms with E-state index in [0.29, 0.717) is 6.42 Å². The predicted octanol–water partition coefficient (Wildman–Crippen LogP) is 4.22. The number of nitrogens with zero attached hydrogens (tertiary/aromatic N) is 2. The van der Waals surface area contributed by atoms with Crippen molar-refractivity contribution in [3.05, 3.63) is 116 Å². The van der Waals surface area contributed by atoms with Crippen LogP contribution in [0.15, 0.2) is 78.9 Å². The van der Waals surface area contributed by atoms with Gasteiger partial charge in [0.2, 0.25) is 0 Å². The fourth-order valence-electron chi connectivity index (χ4n) is 2.97. The molecule has 1 N–H and O–H groups in total. The first-order valence-electron chi connectivity index (χ1n) is 8.77. The van der Waals surface area contributed by atoms with Gasteiger partial charge in [-0.25, -0.2) is 0 Å². The zero-order valence-corrected chi connectivity index (χ0v) is 15.2. The molecule has 0 radical (unpaired) electrons. The molecule has 3 rings (SSSR count). The third kappa shape index (κ3) is 5.01. The van der Waals surface area contributed by atoms with Crippen LogP contribution in [0.3, 0.4) is 0 Å². The highest BCUT2D eigenvalue weighted by molar-refractivity contribution is 5.95. The Morgan fingerprint density at radius 1 is 0.828 bits per heavy atom. The molecule has 29 heavy (non-hydrogen) atoms. The van der Waals surface area contributed by atoms with Gasteiger partial charge in [0.15, 0.2) is 0 Å². The molecule has 1 amide bonds. The first-order valence-corrected chi connectivity index (χ1v) is 8.77. The summed E-state index contributed by atoms with van der Waals surface area (Å²) in [5.41, 5.74) is 0.684. The van der Waals surface area contributed by atoms with Gasteiger partial charge < -0.3 is 5.32 Å². The van der Waals surface area contributed by atoms with E-state index in [4.69, 9.17) is 0 Å². The van der Waals surface area contributed by atoms with E-state index in [9.17, 15) is 25.0 Å². The Labute approximate surface area is 166 Å². The minimum Gasteiger partial charge on any atom is -0.345 e. The average molecular weight is 391 g/mol. The number of non-ortho nitro benzene ring substituents is 2. The van der Waals surface area contributed by atoms with Crippen LogP contribution in [0.2, 0.25) is 0 Å². The molecule has 8 nitrogen and oxygen atoms in total. The molecule has 0 unspecified atom stereocenters. The number of nitro benzene ring substituents is 2. The Kier molecular flexibility index (Phi) is 5.94. The average Bonchev–Trinajstić information content (AvgIpc) is 2.74. The highest BCUT2D eigenvalue weighted by atomic mass is 16.6. The van der Waals surface area contributed by atoms with Gasteiger partial charge in [0.05, 0.1) is 27.5 Å². The number of amides is 1. The second-order valence-electron chi connectivity index (χ2n) is 6.38. The lowest BCUT2D eigenvalue weighted by atomic mass is 9.98. The minimum atomic E-state index is -0.761. The first kappa shape index (κ1) is 19.7. The normalized spacial score (nSPS) is 11.4. The van der Waals surface area contributed by atoms with Gasteiger partial charge in [-0.05, 0) is 17.5 Å². The summed E-state index contributed by atoms with van der Waals surface area (Å²) in [6.45, 7) is 0. The molecule has 0 aliphatic heterocycles. The summed E-state index contributed by atoms with van der Waals surface area (Å²) >= 11 is 0. The number of carbonyl (C=O) groups excluding carboxylic acids is 1. The van der Waals surface area contributed by atoms with Gasteiger partial charge in [-0.1, -0.05) is 60.7 Å². The first-order chi connectivity index (χ1) is 13.9. The van der Waals surface area contributed by atoms with Crippen LogP contribution in [0.5, 0.6) is 0 Å². The van der Waals surface area contributed by atoms with Gasteiger partial charge >= 0.3 is 0 Å². The number of hydrogen-bond donors (Lipinski definition) is 1. The molecule has 3 aromatic rings. The Balaban J connectivity index is 1.92. The maximum absolute atomic E-state index is 12.8. The fourth-order valence-corrected chi connectivity index (χ4v) is 2.97. The molecule has 0 saturated heterocycles. The van der Waals surface area contributed by atoms with Crippen molar-refractivity contribution in [2.75, 3.05) is 0 Å². The van der Waals surface area contributed by atoms with Gasteiger partial charge in [0.1, 0.15) is 0 Å². The number of rotatable bonds is 7. The monoisotopic (exact) mass is 391 g/mol. The number of carbonyl (C=O) groups is 1. The van der Waals surface area contributed by atoms with Gasteiger partial charge in [0, 0.05) is 12.1 Å². The predicted molar refractivity (Wildman–Crippen MR) is 107 cm³/mol. The van der Waals surface area contributed by atoms with E-state index in [0.717, 1.165) is 29.3 Å².